The zero-order chi connectivity index (χ0) is 34.8. The lowest BCUT2D eigenvalue weighted by atomic mass is 9.97. The van der Waals surface area contributed by atoms with Crippen molar-refractivity contribution in [2.75, 3.05) is 13.7 Å². The summed E-state index contributed by atoms with van der Waals surface area (Å²) in [4.78, 5) is 43.6. The molecule has 2 amide bonds. The molecule has 3 fully saturated rings. The molecule has 2 aliphatic heterocycles. The second-order valence-electron chi connectivity index (χ2n) is 14.5. The molecule has 260 valence electrons. The van der Waals surface area contributed by atoms with Gasteiger partial charge in [-0.1, -0.05) is 42.5 Å². The molecule has 1 saturated carbocycles. The van der Waals surface area contributed by atoms with Gasteiger partial charge in [0.25, 0.3) is 0 Å². The molecule has 6 atom stereocenters. The summed E-state index contributed by atoms with van der Waals surface area (Å²) in [6.07, 6.45) is 5.46. The minimum absolute atomic E-state index is 0.283. The first-order chi connectivity index (χ1) is 24.8. The number of carbonyl (C=O) groups excluding carboxylic acids is 1. The first-order valence-electron chi connectivity index (χ1n) is 17.9. The van der Waals surface area contributed by atoms with Crippen LogP contribution in [0, 0.1) is 5.92 Å². The molecule has 11 nitrogen and oxygen atoms in total. The van der Waals surface area contributed by atoms with E-state index in [-0.39, 0.29) is 11.9 Å². The Kier molecular flexibility index (Phi) is 7.77. The number of H-pyrrole nitrogens is 2. The summed E-state index contributed by atoms with van der Waals surface area (Å²) in [6, 6.07) is 23.5. The maximum absolute atomic E-state index is 13.6. The summed E-state index contributed by atoms with van der Waals surface area (Å²) in [5.41, 5.74) is 6.19. The van der Waals surface area contributed by atoms with Crippen molar-refractivity contribution in [3.05, 3.63) is 84.6 Å². The van der Waals surface area contributed by atoms with Crippen LogP contribution in [-0.4, -0.2) is 73.8 Å². The maximum Gasteiger partial charge on any atom is 0.405 e. The standard InChI is InChI=1S/C40H41N7O4/c1-21(51-2)34(46-40(49)50)39(48)47-15-3-4-33(47)37-43-31-14-11-26-17-25(10-13-30(26)36(31)45-37)22-5-6-24-18-27(8-7-23(24)16-22)32-20-41-38(44-32)35-28-9-12-29(19-28)42-35/h5-8,10-11,13-14,16-18,20-21,28-29,33-35,42,46H,3-4,9,12,15,19H2,1-2H3,(H,41,44)(H,43,45)(H,49,50)/t21-,28+,29-,33+,34+,35+/m1/s1. The molecule has 5 N–H and O–H groups in total. The fraction of sp³-hybridized carbons (Fsp3) is 0.350. The molecule has 4 aromatic carbocycles. The molecule has 0 radical (unpaired) electrons. The molecule has 2 bridgehead atoms. The summed E-state index contributed by atoms with van der Waals surface area (Å²) >= 11 is 0. The van der Waals surface area contributed by atoms with E-state index in [0.717, 1.165) is 62.9 Å². The van der Waals surface area contributed by atoms with Crippen molar-refractivity contribution in [3.63, 3.8) is 0 Å². The third-order valence-corrected chi connectivity index (χ3v) is 11.5. The van der Waals surface area contributed by atoms with Crippen LogP contribution >= 0.6 is 0 Å². The number of carboxylic acid groups (broad SMARTS) is 1. The molecule has 4 heterocycles. The monoisotopic (exact) mass is 683 g/mol. The predicted octanol–water partition coefficient (Wildman–Crippen LogP) is 7.07. The highest BCUT2D eigenvalue weighted by molar-refractivity contribution is 6.05. The summed E-state index contributed by atoms with van der Waals surface area (Å²) in [7, 11) is 1.47. The fourth-order valence-corrected chi connectivity index (χ4v) is 8.70. The molecule has 2 aromatic heterocycles. The van der Waals surface area contributed by atoms with Gasteiger partial charge in [0.1, 0.15) is 17.7 Å². The Morgan fingerprint density at radius 1 is 0.922 bits per heavy atom. The summed E-state index contributed by atoms with van der Waals surface area (Å²) in [5.74, 6) is 2.14. The van der Waals surface area contributed by atoms with E-state index in [1.165, 1.54) is 37.1 Å². The number of amides is 2. The number of likely N-dealkylation sites (tertiary alicyclic amines) is 1. The predicted molar refractivity (Wildman–Crippen MR) is 196 cm³/mol. The van der Waals surface area contributed by atoms with Crippen LogP contribution in [0.1, 0.15) is 62.8 Å². The Labute approximate surface area is 294 Å². The molecule has 0 unspecified atom stereocenters. The molecule has 3 aliphatic rings. The van der Waals surface area contributed by atoms with Crippen LogP contribution in [0.25, 0.3) is 55.0 Å². The first-order valence-corrected chi connectivity index (χ1v) is 17.9. The molecule has 2 saturated heterocycles. The van der Waals surface area contributed by atoms with E-state index in [1.807, 2.05) is 12.3 Å². The van der Waals surface area contributed by atoms with Crippen molar-refractivity contribution in [1.29, 1.82) is 0 Å². The van der Waals surface area contributed by atoms with Crippen LogP contribution in [0.2, 0.25) is 0 Å². The van der Waals surface area contributed by atoms with Crippen molar-refractivity contribution in [2.45, 2.75) is 69.3 Å². The van der Waals surface area contributed by atoms with Crippen LogP contribution in [0.5, 0.6) is 0 Å². The van der Waals surface area contributed by atoms with Crippen molar-refractivity contribution in [3.8, 4) is 22.4 Å². The van der Waals surface area contributed by atoms with Gasteiger partial charge in [-0.05, 0) is 96.5 Å². The average Bonchev–Trinajstić information content (AvgIpc) is 4.00. The van der Waals surface area contributed by atoms with Crippen molar-refractivity contribution >= 4 is 44.6 Å². The van der Waals surface area contributed by atoms with Crippen LogP contribution in [-0.2, 0) is 9.53 Å². The molecule has 0 spiro atoms. The number of nitrogens with zero attached hydrogens (tertiary/aromatic N) is 3. The lowest BCUT2D eigenvalue weighted by Gasteiger charge is -2.30. The van der Waals surface area contributed by atoms with Crippen LogP contribution in [0.15, 0.2) is 72.9 Å². The van der Waals surface area contributed by atoms with E-state index >= 15 is 0 Å². The Morgan fingerprint density at radius 3 is 2.41 bits per heavy atom. The summed E-state index contributed by atoms with van der Waals surface area (Å²) < 4.78 is 5.34. The van der Waals surface area contributed by atoms with E-state index in [1.54, 1.807) is 11.8 Å². The van der Waals surface area contributed by atoms with E-state index < -0.39 is 18.2 Å². The second-order valence-corrected chi connectivity index (χ2v) is 14.5. The Balaban J connectivity index is 0.965. The lowest BCUT2D eigenvalue weighted by molar-refractivity contribution is -0.137. The van der Waals surface area contributed by atoms with Gasteiger partial charge in [0.2, 0.25) is 5.91 Å². The number of carbonyl (C=O) groups is 2. The highest BCUT2D eigenvalue weighted by Crippen LogP contribution is 2.43. The van der Waals surface area contributed by atoms with Gasteiger partial charge in [-0.15, -0.1) is 0 Å². The smallest absolute Gasteiger partial charge is 0.405 e. The number of ether oxygens (including phenoxy) is 1. The van der Waals surface area contributed by atoms with Gasteiger partial charge in [-0.2, -0.15) is 0 Å². The molecule has 1 aliphatic carbocycles. The van der Waals surface area contributed by atoms with Crippen molar-refractivity contribution < 1.29 is 19.4 Å². The zero-order valence-corrected chi connectivity index (χ0v) is 28.6. The molecule has 11 heteroatoms. The van der Waals surface area contributed by atoms with Crippen LogP contribution < -0.4 is 10.6 Å². The van der Waals surface area contributed by atoms with Gasteiger partial charge in [0.15, 0.2) is 0 Å². The summed E-state index contributed by atoms with van der Waals surface area (Å²) in [5, 5.41) is 19.9. The van der Waals surface area contributed by atoms with Gasteiger partial charge in [-0.25, -0.2) is 14.8 Å². The number of hydrogen-bond donors (Lipinski definition) is 5. The van der Waals surface area contributed by atoms with Gasteiger partial charge in [0.05, 0.1) is 41.1 Å². The average molecular weight is 684 g/mol. The minimum atomic E-state index is -1.26. The number of benzene rings is 4. The summed E-state index contributed by atoms with van der Waals surface area (Å²) in [6.45, 7) is 2.21. The molecular weight excluding hydrogens is 642 g/mol. The minimum Gasteiger partial charge on any atom is -0.465 e. The number of methoxy groups -OCH3 is 1. The number of imidazole rings is 2. The number of aromatic nitrogens is 4. The third kappa shape index (κ3) is 5.61. The fourth-order valence-electron chi connectivity index (χ4n) is 8.70. The molecular formula is C40H41N7O4. The maximum atomic E-state index is 13.6. The topological polar surface area (TPSA) is 148 Å². The van der Waals surface area contributed by atoms with Crippen molar-refractivity contribution in [2.24, 2.45) is 5.92 Å². The first kappa shape index (κ1) is 31.7. The number of piperidine rings is 1. The highest BCUT2D eigenvalue weighted by atomic mass is 16.5. The normalized spacial score (nSPS) is 22.7. The zero-order valence-electron chi connectivity index (χ0n) is 28.6. The van der Waals surface area contributed by atoms with Crippen LogP contribution in [0.4, 0.5) is 4.79 Å². The quantitative estimate of drug-likeness (QED) is 0.115. The van der Waals surface area contributed by atoms with Gasteiger partial charge < -0.3 is 35.3 Å². The molecule has 9 rings (SSSR count). The number of aromatic amines is 2. The Bertz CT molecular complexity index is 2310. The Morgan fingerprint density at radius 2 is 1.67 bits per heavy atom. The Hall–Kier alpha value is -5.26. The number of fused-ring (bicyclic) bond motifs is 6. The lowest BCUT2D eigenvalue weighted by Crippen LogP contribution is -2.53. The number of rotatable bonds is 8. The van der Waals surface area contributed by atoms with E-state index in [9.17, 15) is 14.7 Å². The number of hydrogen-bond acceptors (Lipinski definition) is 6. The van der Waals surface area contributed by atoms with Crippen molar-refractivity contribution in [1.82, 2.24) is 35.5 Å². The second kappa shape index (κ2) is 12.5. The highest BCUT2D eigenvalue weighted by Gasteiger charge is 2.41. The van der Waals surface area contributed by atoms with Gasteiger partial charge in [0, 0.05) is 30.6 Å². The number of nitrogens with one attached hydrogen (secondary N) is 4. The molecule has 6 aromatic rings. The van der Waals surface area contributed by atoms with E-state index in [2.05, 4.69) is 81.3 Å². The molecule has 51 heavy (non-hydrogen) atoms. The SMILES string of the molecule is CO[C@H](C)[C@H](NC(=O)O)C(=O)N1CCC[C@H]1c1nc2c(ccc3cc(-c4ccc5cc(-c6cnc([C@H]7N[C@@H]8CC[C@H]7C8)[nH]6)ccc5c4)ccc32)[nH]1. The third-order valence-electron chi connectivity index (χ3n) is 11.5. The van der Waals surface area contributed by atoms with Gasteiger partial charge >= 0.3 is 6.09 Å². The largest absolute Gasteiger partial charge is 0.465 e. The van der Waals surface area contributed by atoms with E-state index in [0.29, 0.717) is 30.4 Å². The van der Waals surface area contributed by atoms with E-state index in [4.69, 9.17) is 14.7 Å². The van der Waals surface area contributed by atoms with Gasteiger partial charge in [-0.3, -0.25) is 4.79 Å². The van der Waals surface area contributed by atoms with Crippen LogP contribution in [0.3, 0.4) is 0 Å².